The van der Waals surface area contributed by atoms with Crippen LogP contribution in [0.25, 0.3) is 5.78 Å². The Balaban J connectivity index is 1.58. The Morgan fingerprint density at radius 1 is 1.25 bits per heavy atom. The third-order valence-electron chi connectivity index (χ3n) is 4.16. The predicted molar refractivity (Wildman–Crippen MR) is 87.0 cm³/mol. The Morgan fingerprint density at radius 3 is 2.92 bits per heavy atom. The van der Waals surface area contributed by atoms with Crippen LogP contribution in [0.4, 0.5) is 5.82 Å². The Bertz CT molecular complexity index is 870. The van der Waals surface area contributed by atoms with Gasteiger partial charge in [-0.1, -0.05) is 0 Å². The Labute approximate surface area is 139 Å². The predicted octanol–water partition coefficient (Wildman–Crippen LogP) is 0.546. The highest BCUT2D eigenvalue weighted by molar-refractivity contribution is 5.47. The van der Waals surface area contributed by atoms with E-state index in [-0.39, 0.29) is 6.10 Å². The van der Waals surface area contributed by atoms with Crippen molar-refractivity contribution in [3.05, 3.63) is 29.7 Å². The maximum absolute atomic E-state index is 5.93. The van der Waals surface area contributed by atoms with Gasteiger partial charge in [0.05, 0.1) is 19.3 Å². The van der Waals surface area contributed by atoms with E-state index in [1.54, 1.807) is 4.52 Å². The molecule has 0 aliphatic carbocycles. The zero-order valence-corrected chi connectivity index (χ0v) is 14.0. The topological polar surface area (TPSA) is 86.3 Å². The molecule has 1 fully saturated rings. The van der Waals surface area contributed by atoms with Crippen LogP contribution in [0.2, 0.25) is 0 Å². The first-order valence-corrected chi connectivity index (χ1v) is 8.02. The number of hydrogen-bond donors (Lipinski definition) is 0. The highest BCUT2D eigenvalue weighted by atomic mass is 16.5. The van der Waals surface area contributed by atoms with Gasteiger partial charge in [-0.05, 0) is 20.8 Å². The summed E-state index contributed by atoms with van der Waals surface area (Å²) in [6.07, 6.45) is 1.58. The van der Waals surface area contributed by atoms with Crippen molar-refractivity contribution in [1.82, 2.24) is 34.3 Å². The molecule has 0 aromatic carbocycles. The summed E-state index contributed by atoms with van der Waals surface area (Å²) in [5.74, 6) is 3.31. The van der Waals surface area contributed by atoms with Crippen molar-refractivity contribution < 1.29 is 4.74 Å². The molecular formula is C15H20N8O. The van der Waals surface area contributed by atoms with Gasteiger partial charge in [0.15, 0.2) is 0 Å². The van der Waals surface area contributed by atoms with Gasteiger partial charge in [-0.3, -0.25) is 0 Å². The van der Waals surface area contributed by atoms with E-state index in [0.29, 0.717) is 18.9 Å². The van der Waals surface area contributed by atoms with Gasteiger partial charge in [-0.15, -0.1) is 0 Å². The molecule has 9 heteroatoms. The lowest BCUT2D eigenvalue weighted by Gasteiger charge is -2.34. The van der Waals surface area contributed by atoms with Gasteiger partial charge < -0.3 is 9.64 Å². The molecule has 1 aliphatic rings. The molecule has 4 heterocycles. The minimum atomic E-state index is 0.0468. The van der Waals surface area contributed by atoms with Gasteiger partial charge >= 0.3 is 0 Å². The van der Waals surface area contributed by atoms with Gasteiger partial charge in [0.25, 0.3) is 5.78 Å². The second-order valence-corrected chi connectivity index (χ2v) is 6.05. The van der Waals surface area contributed by atoms with Crippen molar-refractivity contribution in [2.24, 2.45) is 0 Å². The van der Waals surface area contributed by atoms with E-state index in [1.807, 2.05) is 31.5 Å². The summed E-state index contributed by atoms with van der Waals surface area (Å²) in [6.45, 7) is 8.76. The average molecular weight is 328 g/mol. The maximum atomic E-state index is 5.93. The molecule has 3 aromatic heterocycles. The summed E-state index contributed by atoms with van der Waals surface area (Å²) in [6, 6.07) is 2.04. The number of ether oxygens (including phenoxy) is 1. The van der Waals surface area contributed by atoms with Crippen molar-refractivity contribution in [1.29, 1.82) is 0 Å². The zero-order chi connectivity index (χ0) is 16.7. The van der Waals surface area contributed by atoms with Crippen LogP contribution in [0.3, 0.4) is 0 Å². The molecule has 0 amide bonds. The molecule has 126 valence electrons. The molecule has 0 radical (unpaired) electrons. The number of rotatable bonds is 3. The van der Waals surface area contributed by atoms with Crippen molar-refractivity contribution in [2.45, 2.75) is 33.4 Å². The number of nitrogens with zero attached hydrogens (tertiary/aromatic N) is 8. The first kappa shape index (κ1) is 15.0. The van der Waals surface area contributed by atoms with Crippen LogP contribution in [0.15, 0.2) is 12.4 Å². The standard InChI is InChI=1S/C15H20N8O/c1-10-6-14(23-15(18-10)16-9-17-23)21-4-5-24-13(7-21)8-22-12(3)19-11(2)20-22/h6,9,13H,4-5,7-8H2,1-3H3. The molecule has 24 heavy (non-hydrogen) atoms. The first-order valence-electron chi connectivity index (χ1n) is 8.02. The summed E-state index contributed by atoms with van der Waals surface area (Å²) in [4.78, 5) is 15.2. The summed E-state index contributed by atoms with van der Waals surface area (Å²) in [7, 11) is 0. The molecule has 0 spiro atoms. The second kappa shape index (κ2) is 5.82. The molecule has 1 atom stereocenters. The van der Waals surface area contributed by atoms with Crippen LogP contribution >= 0.6 is 0 Å². The van der Waals surface area contributed by atoms with Gasteiger partial charge in [0.1, 0.15) is 23.8 Å². The normalized spacial score (nSPS) is 18.5. The smallest absolute Gasteiger partial charge is 0.254 e. The van der Waals surface area contributed by atoms with Crippen LogP contribution in [0.5, 0.6) is 0 Å². The van der Waals surface area contributed by atoms with E-state index in [0.717, 1.165) is 36.3 Å². The van der Waals surface area contributed by atoms with Crippen molar-refractivity contribution in [3.63, 3.8) is 0 Å². The fourth-order valence-corrected chi connectivity index (χ4v) is 3.10. The monoisotopic (exact) mass is 328 g/mol. The molecule has 4 rings (SSSR count). The number of aryl methyl sites for hydroxylation is 3. The Kier molecular flexibility index (Phi) is 3.64. The van der Waals surface area contributed by atoms with Crippen molar-refractivity contribution >= 4 is 11.6 Å². The van der Waals surface area contributed by atoms with Gasteiger partial charge in [0, 0.05) is 24.8 Å². The van der Waals surface area contributed by atoms with Crippen molar-refractivity contribution in [2.75, 3.05) is 24.6 Å². The summed E-state index contributed by atoms with van der Waals surface area (Å²) in [5.41, 5.74) is 0.927. The van der Waals surface area contributed by atoms with E-state index in [2.05, 4.69) is 30.0 Å². The molecule has 1 aliphatic heterocycles. The largest absolute Gasteiger partial charge is 0.373 e. The van der Waals surface area contributed by atoms with Crippen LogP contribution < -0.4 is 4.90 Å². The number of anilines is 1. The number of fused-ring (bicyclic) bond motifs is 1. The fourth-order valence-electron chi connectivity index (χ4n) is 3.10. The van der Waals surface area contributed by atoms with E-state index in [9.17, 15) is 0 Å². The SMILES string of the molecule is Cc1cc(N2CCOC(Cn3nc(C)nc3C)C2)n2ncnc2n1. The minimum absolute atomic E-state index is 0.0468. The highest BCUT2D eigenvalue weighted by Gasteiger charge is 2.24. The van der Waals surface area contributed by atoms with Crippen molar-refractivity contribution in [3.8, 4) is 0 Å². The Hall–Kier alpha value is -2.55. The van der Waals surface area contributed by atoms with Crippen LogP contribution in [-0.4, -0.2) is 60.1 Å². The minimum Gasteiger partial charge on any atom is -0.373 e. The van der Waals surface area contributed by atoms with E-state index < -0.39 is 0 Å². The van der Waals surface area contributed by atoms with E-state index >= 15 is 0 Å². The zero-order valence-electron chi connectivity index (χ0n) is 14.0. The molecule has 0 N–H and O–H groups in total. The molecule has 1 unspecified atom stereocenters. The lowest BCUT2D eigenvalue weighted by molar-refractivity contribution is 0.0265. The number of hydrogen-bond acceptors (Lipinski definition) is 7. The van der Waals surface area contributed by atoms with Crippen LogP contribution in [0, 0.1) is 20.8 Å². The second-order valence-electron chi connectivity index (χ2n) is 6.05. The summed E-state index contributed by atoms with van der Waals surface area (Å²) in [5, 5.41) is 8.72. The fraction of sp³-hybridized carbons (Fsp3) is 0.533. The van der Waals surface area contributed by atoms with Crippen LogP contribution in [-0.2, 0) is 11.3 Å². The first-order chi connectivity index (χ1) is 11.6. The number of morpholine rings is 1. The lowest BCUT2D eigenvalue weighted by atomic mass is 10.2. The third kappa shape index (κ3) is 2.71. The summed E-state index contributed by atoms with van der Waals surface area (Å²) >= 11 is 0. The molecule has 0 bridgehead atoms. The molecule has 1 saturated heterocycles. The van der Waals surface area contributed by atoms with Gasteiger partial charge in [-0.25, -0.2) is 14.6 Å². The van der Waals surface area contributed by atoms with Gasteiger partial charge in [-0.2, -0.15) is 19.7 Å². The number of aromatic nitrogens is 7. The molecular weight excluding hydrogens is 308 g/mol. The maximum Gasteiger partial charge on any atom is 0.254 e. The quantitative estimate of drug-likeness (QED) is 0.694. The highest BCUT2D eigenvalue weighted by Crippen LogP contribution is 2.19. The van der Waals surface area contributed by atoms with E-state index in [4.69, 9.17) is 4.74 Å². The molecule has 9 nitrogen and oxygen atoms in total. The van der Waals surface area contributed by atoms with Gasteiger partial charge in [0.2, 0.25) is 0 Å². The summed E-state index contributed by atoms with van der Waals surface area (Å²) < 4.78 is 9.62. The van der Waals surface area contributed by atoms with Crippen LogP contribution in [0.1, 0.15) is 17.3 Å². The third-order valence-corrected chi connectivity index (χ3v) is 4.16. The molecule has 0 saturated carbocycles. The average Bonchev–Trinajstić information content (AvgIpc) is 3.13. The Morgan fingerprint density at radius 2 is 2.12 bits per heavy atom. The molecule has 3 aromatic rings. The lowest BCUT2D eigenvalue weighted by Crippen LogP contribution is -2.45. The van der Waals surface area contributed by atoms with E-state index in [1.165, 1.54) is 6.33 Å².